The molecule has 1 aliphatic rings. The van der Waals surface area contributed by atoms with Crippen molar-refractivity contribution in [3.8, 4) is 0 Å². The van der Waals surface area contributed by atoms with Gasteiger partial charge in [-0.3, -0.25) is 11.3 Å². The summed E-state index contributed by atoms with van der Waals surface area (Å²) >= 11 is 0. The van der Waals surface area contributed by atoms with E-state index in [1.807, 2.05) is 0 Å². The fourth-order valence-corrected chi connectivity index (χ4v) is 0.489. The van der Waals surface area contributed by atoms with Gasteiger partial charge in [-0.25, -0.2) is 0 Å². The summed E-state index contributed by atoms with van der Waals surface area (Å²) in [4.78, 5) is 0. The van der Waals surface area contributed by atoms with Crippen molar-refractivity contribution in [2.24, 2.45) is 11.8 Å². The van der Waals surface area contributed by atoms with Crippen molar-refractivity contribution in [3.05, 3.63) is 0 Å². The Morgan fingerprint density at radius 1 is 1.57 bits per heavy atom. The monoisotopic (exact) mass is 102 g/mol. The molecule has 1 saturated carbocycles. The van der Waals surface area contributed by atoms with Crippen LogP contribution in [0.4, 0.5) is 0 Å². The average Bonchev–Trinajstić information content (AvgIpc) is 2.21. The molecular weight excluding hydrogens is 88.1 g/mol. The second-order valence-electron chi connectivity index (χ2n) is 1.85. The summed E-state index contributed by atoms with van der Waals surface area (Å²) in [7, 11) is 0. The lowest BCUT2D eigenvalue weighted by molar-refractivity contribution is 0.669. The number of hydrogen-bond acceptors (Lipinski definition) is 2. The van der Waals surface area contributed by atoms with Gasteiger partial charge in [0.15, 0.2) is 0 Å². The van der Waals surface area contributed by atoms with Gasteiger partial charge in [0.2, 0.25) is 0 Å². The number of rotatable bonds is 2. The molecule has 44 valence electrons. The molecule has 0 aromatic carbocycles. The molecule has 7 heavy (non-hydrogen) atoms. The van der Waals surface area contributed by atoms with E-state index in [1.165, 1.54) is 12.8 Å². The second kappa shape index (κ2) is 2.99. The Hall–Kier alpha value is -0.0800. The Bertz CT molecular complexity index is 41.3. The van der Waals surface area contributed by atoms with Gasteiger partial charge in [-0.1, -0.05) is 7.43 Å². The van der Waals surface area contributed by atoms with E-state index in [1.54, 1.807) is 0 Å². The summed E-state index contributed by atoms with van der Waals surface area (Å²) in [5.41, 5.74) is 2.63. The van der Waals surface area contributed by atoms with Crippen LogP contribution in [0.2, 0.25) is 0 Å². The summed E-state index contributed by atoms with van der Waals surface area (Å²) in [5.74, 6) is 5.93. The Balaban J connectivity index is 0.000000360. The highest BCUT2D eigenvalue weighted by Crippen LogP contribution is 2.26. The quantitative estimate of drug-likeness (QED) is 0.393. The van der Waals surface area contributed by atoms with Crippen molar-refractivity contribution in [3.63, 3.8) is 0 Å². The summed E-state index contributed by atoms with van der Waals surface area (Å²) in [6.45, 7) is 1.01. The predicted molar refractivity (Wildman–Crippen MR) is 31.6 cm³/mol. The highest BCUT2D eigenvalue weighted by Gasteiger charge is 2.19. The average molecular weight is 102 g/mol. The van der Waals surface area contributed by atoms with Gasteiger partial charge in [0.25, 0.3) is 0 Å². The maximum atomic E-state index is 5.02. The molecule has 1 rings (SSSR count). The Morgan fingerprint density at radius 2 is 2.14 bits per heavy atom. The fraction of sp³-hybridized carbons (Fsp3) is 1.00. The Labute approximate surface area is 45.1 Å². The third kappa shape index (κ3) is 2.60. The van der Waals surface area contributed by atoms with E-state index in [2.05, 4.69) is 5.43 Å². The molecule has 0 radical (unpaired) electrons. The third-order valence-electron chi connectivity index (χ3n) is 1.10. The minimum atomic E-state index is 0. The topological polar surface area (TPSA) is 38.0 Å². The minimum Gasteiger partial charge on any atom is -0.271 e. The van der Waals surface area contributed by atoms with Crippen LogP contribution in [0.5, 0.6) is 0 Å². The summed E-state index contributed by atoms with van der Waals surface area (Å²) < 4.78 is 0. The van der Waals surface area contributed by atoms with E-state index < -0.39 is 0 Å². The maximum absolute atomic E-state index is 5.02. The molecule has 0 saturated heterocycles. The smallest absolute Gasteiger partial charge is 0.0126 e. The standard InChI is InChI=1S/C4H10N2.CH4/c5-6-3-4-1-2-4;/h4,6H,1-3,5H2;1H4. The van der Waals surface area contributed by atoms with E-state index in [0.717, 1.165) is 12.5 Å². The lowest BCUT2D eigenvalue weighted by Gasteiger charge is -1.87. The van der Waals surface area contributed by atoms with Crippen LogP contribution in [0.1, 0.15) is 20.3 Å². The highest BCUT2D eigenvalue weighted by atomic mass is 15.2. The van der Waals surface area contributed by atoms with Gasteiger partial charge in [0.05, 0.1) is 0 Å². The molecule has 0 amide bonds. The SMILES string of the molecule is C.NNCC1CC1. The zero-order chi connectivity index (χ0) is 4.41. The van der Waals surface area contributed by atoms with Crippen molar-refractivity contribution in [1.82, 2.24) is 5.43 Å². The van der Waals surface area contributed by atoms with Crippen LogP contribution >= 0.6 is 0 Å². The van der Waals surface area contributed by atoms with E-state index >= 15 is 0 Å². The minimum absolute atomic E-state index is 0. The second-order valence-corrected chi connectivity index (χ2v) is 1.85. The van der Waals surface area contributed by atoms with Crippen LogP contribution in [0.15, 0.2) is 0 Å². The van der Waals surface area contributed by atoms with Gasteiger partial charge in [0, 0.05) is 6.54 Å². The fourth-order valence-electron chi connectivity index (χ4n) is 0.489. The molecule has 0 atom stereocenters. The third-order valence-corrected chi connectivity index (χ3v) is 1.10. The zero-order valence-electron chi connectivity index (χ0n) is 3.78. The van der Waals surface area contributed by atoms with Gasteiger partial charge >= 0.3 is 0 Å². The molecular formula is C5H14N2. The van der Waals surface area contributed by atoms with E-state index in [0.29, 0.717) is 0 Å². The molecule has 0 aromatic rings. The van der Waals surface area contributed by atoms with Crippen LogP contribution in [0.25, 0.3) is 0 Å². The Morgan fingerprint density at radius 3 is 2.29 bits per heavy atom. The zero-order valence-corrected chi connectivity index (χ0v) is 3.78. The van der Waals surface area contributed by atoms with Crippen molar-refractivity contribution in [2.75, 3.05) is 6.54 Å². The van der Waals surface area contributed by atoms with Crippen molar-refractivity contribution >= 4 is 0 Å². The van der Waals surface area contributed by atoms with Crippen LogP contribution < -0.4 is 11.3 Å². The molecule has 0 bridgehead atoms. The first-order valence-electron chi connectivity index (χ1n) is 2.37. The molecule has 0 aromatic heterocycles. The molecule has 0 heterocycles. The van der Waals surface area contributed by atoms with Crippen LogP contribution in [0, 0.1) is 5.92 Å². The van der Waals surface area contributed by atoms with Gasteiger partial charge in [-0.15, -0.1) is 0 Å². The normalized spacial score (nSPS) is 18.4. The van der Waals surface area contributed by atoms with Crippen LogP contribution in [-0.4, -0.2) is 6.54 Å². The molecule has 1 aliphatic carbocycles. The predicted octanol–water partition coefficient (Wildman–Crippen LogP) is 0.496. The maximum Gasteiger partial charge on any atom is 0.0126 e. The molecule has 0 unspecified atom stereocenters. The number of hydrazine groups is 1. The molecule has 3 N–H and O–H groups in total. The van der Waals surface area contributed by atoms with Crippen LogP contribution in [0.3, 0.4) is 0 Å². The molecule has 0 spiro atoms. The first-order valence-corrected chi connectivity index (χ1v) is 2.37. The van der Waals surface area contributed by atoms with Crippen molar-refractivity contribution in [2.45, 2.75) is 20.3 Å². The first-order chi connectivity index (χ1) is 2.93. The molecule has 2 nitrogen and oxygen atoms in total. The van der Waals surface area contributed by atoms with Gasteiger partial charge < -0.3 is 0 Å². The van der Waals surface area contributed by atoms with Gasteiger partial charge in [-0.2, -0.15) is 0 Å². The van der Waals surface area contributed by atoms with Crippen molar-refractivity contribution in [1.29, 1.82) is 0 Å². The first kappa shape index (κ1) is 6.92. The van der Waals surface area contributed by atoms with Gasteiger partial charge in [-0.05, 0) is 18.8 Å². The molecule has 2 heteroatoms. The number of nitrogens with two attached hydrogens (primary N) is 1. The largest absolute Gasteiger partial charge is 0.271 e. The number of hydrogen-bond donors (Lipinski definition) is 2. The summed E-state index contributed by atoms with van der Waals surface area (Å²) in [6, 6.07) is 0. The summed E-state index contributed by atoms with van der Waals surface area (Å²) in [5, 5.41) is 0. The summed E-state index contributed by atoms with van der Waals surface area (Å²) in [6.07, 6.45) is 2.76. The lowest BCUT2D eigenvalue weighted by atomic mass is 10.4. The molecule has 0 aliphatic heterocycles. The van der Waals surface area contributed by atoms with Crippen LogP contribution in [-0.2, 0) is 0 Å². The Kier molecular flexibility index (Phi) is 2.96. The van der Waals surface area contributed by atoms with E-state index in [-0.39, 0.29) is 7.43 Å². The highest BCUT2D eigenvalue weighted by molar-refractivity contribution is 4.73. The van der Waals surface area contributed by atoms with Gasteiger partial charge in [0.1, 0.15) is 0 Å². The lowest BCUT2D eigenvalue weighted by Crippen LogP contribution is -2.23. The molecule has 1 fully saturated rings. The van der Waals surface area contributed by atoms with E-state index in [4.69, 9.17) is 5.84 Å². The van der Waals surface area contributed by atoms with Crippen molar-refractivity contribution < 1.29 is 0 Å². The van der Waals surface area contributed by atoms with E-state index in [9.17, 15) is 0 Å². The number of nitrogens with one attached hydrogen (secondary N) is 1.